The second-order valence-electron chi connectivity index (χ2n) is 4.71. The minimum absolute atomic E-state index is 0.0281. The number of rotatable bonds is 8. The summed E-state index contributed by atoms with van der Waals surface area (Å²) in [6.07, 6.45) is 0.707. The monoisotopic (exact) mass is 264 g/mol. The summed E-state index contributed by atoms with van der Waals surface area (Å²) in [7, 11) is 0. The molecule has 0 aromatic heterocycles. The fourth-order valence-corrected chi connectivity index (χ4v) is 1.81. The Hall–Kier alpha value is -1.39. The number of nitrogens with one attached hydrogen (secondary N) is 1. The van der Waals surface area contributed by atoms with E-state index in [4.69, 9.17) is 5.11 Å². The van der Waals surface area contributed by atoms with Gasteiger partial charge < -0.3 is 10.4 Å². The third kappa shape index (κ3) is 6.36. The van der Waals surface area contributed by atoms with Gasteiger partial charge in [0.1, 0.15) is 0 Å². The number of benzene rings is 1. The predicted octanol–water partition coefficient (Wildman–Crippen LogP) is 1.32. The van der Waals surface area contributed by atoms with Crippen LogP contribution in [0.3, 0.4) is 0 Å². The first kappa shape index (κ1) is 15.7. The third-order valence-electron chi connectivity index (χ3n) is 3.06. The summed E-state index contributed by atoms with van der Waals surface area (Å²) >= 11 is 0. The zero-order valence-electron chi connectivity index (χ0n) is 11.9. The molecule has 4 nitrogen and oxygen atoms in total. The zero-order valence-corrected chi connectivity index (χ0v) is 11.9. The van der Waals surface area contributed by atoms with E-state index in [1.165, 1.54) is 5.56 Å². The van der Waals surface area contributed by atoms with Gasteiger partial charge in [-0.1, -0.05) is 36.8 Å². The summed E-state index contributed by atoms with van der Waals surface area (Å²) in [6.45, 7) is 6.76. The lowest BCUT2D eigenvalue weighted by atomic mass is 10.1. The number of likely N-dealkylation sites (N-methyl/N-ethyl adjacent to an activating group) is 1. The normalized spacial score (nSPS) is 10.7. The van der Waals surface area contributed by atoms with Crippen molar-refractivity contribution in [3.8, 4) is 0 Å². The first-order valence-corrected chi connectivity index (χ1v) is 6.81. The second-order valence-corrected chi connectivity index (χ2v) is 4.71. The van der Waals surface area contributed by atoms with Gasteiger partial charge in [-0.2, -0.15) is 0 Å². The molecule has 1 amide bonds. The van der Waals surface area contributed by atoms with Crippen molar-refractivity contribution in [2.24, 2.45) is 0 Å². The number of amides is 1. The van der Waals surface area contributed by atoms with Gasteiger partial charge in [-0.3, -0.25) is 9.69 Å². The molecule has 0 spiro atoms. The molecule has 1 aromatic rings. The van der Waals surface area contributed by atoms with Gasteiger partial charge in [0.15, 0.2) is 0 Å². The molecule has 0 bridgehead atoms. The minimum atomic E-state index is 0.0281. The van der Waals surface area contributed by atoms with Crippen molar-refractivity contribution in [1.29, 1.82) is 0 Å². The van der Waals surface area contributed by atoms with Crippen LogP contribution in [-0.2, 0) is 11.3 Å². The van der Waals surface area contributed by atoms with E-state index in [0.717, 1.165) is 18.7 Å². The van der Waals surface area contributed by atoms with Crippen molar-refractivity contribution in [2.75, 3.05) is 26.2 Å². The van der Waals surface area contributed by atoms with E-state index in [-0.39, 0.29) is 12.5 Å². The minimum Gasteiger partial charge on any atom is -0.396 e. The highest BCUT2D eigenvalue weighted by Gasteiger charge is 2.08. The molecule has 0 atom stereocenters. The van der Waals surface area contributed by atoms with Crippen LogP contribution in [0, 0.1) is 6.92 Å². The van der Waals surface area contributed by atoms with Crippen LogP contribution in [0.5, 0.6) is 0 Å². The highest BCUT2D eigenvalue weighted by atomic mass is 16.3. The number of carbonyl (C=O) groups is 1. The van der Waals surface area contributed by atoms with Crippen molar-refractivity contribution in [1.82, 2.24) is 10.2 Å². The number of carbonyl (C=O) groups excluding carboxylic acids is 1. The summed E-state index contributed by atoms with van der Waals surface area (Å²) in [5.41, 5.74) is 2.33. The number of hydrogen-bond donors (Lipinski definition) is 2. The lowest BCUT2D eigenvalue weighted by Gasteiger charge is -2.19. The molecular formula is C15H24N2O2. The van der Waals surface area contributed by atoms with Crippen LogP contribution in [0.4, 0.5) is 0 Å². The average Bonchev–Trinajstić information content (AvgIpc) is 2.42. The maximum atomic E-state index is 11.8. The summed E-state index contributed by atoms with van der Waals surface area (Å²) in [6, 6.07) is 8.14. The summed E-state index contributed by atoms with van der Waals surface area (Å²) in [5, 5.41) is 11.7. The fourth-order valence-electron chi connectivity index (χ4n) is 1.81. The number of aryl methyl sites for hydroxylation is 1. The van der Waals surface area contributed by atoms with Crippen molar-refractivity contribution < 1.29 is 9.90 Å². The molecule has 0 saturated carbocycles. The van der Waals surface area contributed by atoms with Crippen LogP contribution in [0.25, 0.3) is 0 Å². The zero-order chi connectivity index (χ0) is 14.1. The maximum absolute atomic E-state index is 11.8. The maximum Gasteiger partial charge on any atom is 0.234 e. The molecule has 19 heavy (non-hydrogen) atoms. The summed E-state index contributed by atoms with van der Waals surface area (Å²) in [4.78, 5) is 13.8. The Labute approximate surface area is 115 Å². The quantitative estimate of drug-likeness (QED) is 0.744. The average molecular weight is 264 g/mol. The van der Waals surface area contributed by atoms with E-state index in [1.54, 1.807) is 0 Å². The Bertz CT molecular complexity index is 376. The SMILES string of the molecule is CCN(CCCO)CC(=O)NCc1ccc(C)cc1. The van der Waals surface area contributed by atoms with Crippen molar-refractivity contribution in [3.05, 3.63) is 35.4 Å². The van der Waals surface area contributed by atoms with Crippen LogP contribution in [0.1, 0.15) is 24.5 Å². The highest BCUT2D eigenvalue weighted by Crippen LogP contribution is 2.02. The summed E-state index contributed by atoms with van der Waals surface area (Å²) < 4.78 is 0. The number of aliphatic hydroxyl groups excluding tert-OH is 1. The molecule has 2 N–H and O–H groups in total. The molecular weight excluding hydrogens is 240 g/mol. The molecule has 106 valence electrons. The van der Waals surface area contributed by atoms with Gasteiger partial charge in [0.25, 0.3) is 0 Å². The molecule has 0 unspecified atom stereocenters. The van der Waals surface area contributed by atoms with Gasteiger partial charge in [-0.05, 0) is 25.5 Å². The van der Waals surface area contributed by atoms with Gasteiger partial charge in [0.05, 0.1) is 6.54 Å². The van der Waals surface area contributed by atoms with E-state index >= 15 is 0 Å². The van der Waals surface area contributed by atoms with Gasteiger partial charge in [0, 0.05) is 19.7 Å². The molecule has 4 heteroatoms. The van der Waals surface area contributed by atoms with E-state index < -0.39 is 0 Å². The van der Waals surface area contributed by atoms with Crippen molar-refractivity contribution in [3.63, 3.8) is 0 Å². The standard InChI is InChI=1S/C15H24N2O2/c1-3-17(9-4-10-18)12-15(19)16-11-14-7-5-13(2)6-8-14/h5-8,18H,3-4,9-12H2,1-2H3,(H,16,19). The Balaban J connectivity index is 2.32. The van der Waals surface area contributed by atoms with Crippen LogP contribution >= 0.6 is 0 Å². The molecule has 0 aliphatic rings. The van der Waals surface area contributed by atoms with E-state index in [0.29, 0.717) is 19.5 Å². The first-order chi connectivity index (χ1) is 9.15. The van der Waals surface area contributed by atoms with E-state index in [1.807, 2.05) is 43.0 Å². The largest absolute Gasteiger partial charge is 0.396 e. The lowest BCUT2D eigenvalue weighted by molar-refractivity contribution is -0.122. The number of nitrogens with zero attached hydrogens (tertiary/aromatic N) is 1. The summed E-state index contributed by atoms with van der Waals surface area (Å²) in [5.74, 6) is 0.0281. The number of aliphatic hydroxyl groups is 1. The Morgan fingerprint density at radius 2 is 2.00 bits per heavy atom. The molecule has 1 rings (SSSR count). The molecule has 0 fully saturated rings. The van der Waals surface area contributed by atoms with Gasteiger partial charge >= 0.3 is 0 Å². The second kappa shape index (κ2) is 8.67. The lowest BCUT2D eigenvalue weighted by Crippen LogP contribution is -2.37. The third-order valence-corrected chi connectivity index (χ3v) is 3.06. The van der Waals surface area contributed by atoms with E-state index in [9.17, 15) is 4.79 Å². The number of hydrogen-bond acceptors (Lipinski definition) is 3. The van der Waals surface area contributed by atoms with Gasteiger partial charge in [-0.15, -0.1) is 0 Å². The van der Waals surface area contributed by atoms with Crippen LogP contribution in [0.15, 0.2) is 24.3 Å². The molecule has 0 heterocycles. The van der Waals surface area contributed by atoms with Gasteiger partial charge in [0.2, 0.25) is 5.91 Å². The van der Waals surface area contributed by atoms with Crippen LogP contribution < -0.4 is 5.32 Å². The molecule has 1 aromatic carbocycles. The first-order valence-electron chi connectivity index (χ1n) is 6.81. The van der Waals surface area contributed by atoms with E-state index in [2.05, 4.69) is 5.32 Å². The molecule has 0 aliphatic heterocycles. The molecule has 0 saturated heterocycles. The van der Waals surface area contributed by atoms with Crippen molar-refractivity contribution in [2.45, 2.75) is 26.8 Å². The highest BCUT2D eigenvalue weighted by molar-refractivity contribution is 5.77. The topological polar surface area (TPSA) is 52.6 Å². The fraction of sp³-hybridized carbons (Fsp3) is 0.533. The molecule has 0 radical (unpaired) electrons. The molecule has 0 aliphatic carbocycles. The Morgan fingerprint density at radius 3 is 2.58 bits per heavy atom. The smallest absolute Gasteiger partial charge is 0.234 e. The van der Waals surface area contributed by atoms with Crippen LogP contribution in [0.2, 0.25) is 0 Å². The predicted molar refractivity (Wildman–Crippen MR) is 76.8 cm³/mol. The van der Waals surface area contributed by atoms with Gasteiger partial charge in [-0.25, -0.2) is 0 Å². The Kier molecular flexibility index (Phi) is 7.15. The van der Waals surface area contributed by atoms with Crippen LogP contribution in [-0.4, -0.2) is 42.2 Å². The Morgan fingerprint density at radius 1 is 1.32 bits per heavy atom. The van der Waals surface area contributed by atoms with Crippen molar-refractivity contribution >= 4 is 5.91 Å².